The maximum Gasteiger partial charge on any atom is 0.121 e. The summed E-state index contributed by atoms with van der Waals surface area (Å²) in [6.07, 6.45) is 2.64. The number of hydrogen-bond donors (Lipinski definition) is 0. The molecular weight excluding hydrogens is 853 g/mol. The van der Waals surface area contributed by atoms with Gasteiger partial charge >= 0.3 is 0 Å². The third-order valence-corrected chi connectivity index (χ3v) is 11.5. The van der Waals surface area contributed by atoms with Crippen molar-refractivity contribution in [3.63, 3.8) is 0 Å². The molecule has 0 aliphatic carbocycles. The number of rotatable bonds is 4. The van der Waals surface area contributed by atoms with Crippen LogP contribution in [0.1, 0.15) is 38.7 Å². The van der Waals surface area contributed by atoms with Crippen molar-refractivity contribution in [1.29, 1.82) is 0 Å². The predicted molar refractivity (Wildman–Crippen MR) is 227 cm³/mol. The summed E-state index contributed by atoms with van der Waals surface area (Å²) in [6, 6.07) is 41.2. The summed E-state index contributed by atoms with van der Waals surface area (Å²) < 4.78 is 100. The molecule has 3 aromatic heterocycles. The zero-order chi connectivity index (χ0) is 46.9. The molecule has 6 aromatic carbocycles. The van der Waals surface area contributed by atoms with Gasteiger partial charge in [0.2, 0.25) is 0 Å². The number of pyridine rings is 2. The molecule has 0 aliphatic heterocycles. The zero-order valence-corrected chi connectivity index (χ0v) is 33.2. The molecule has 9 aromatic rings. The zero-order valence-electron chi connectivity index (χ0n) is 41.8. The minimum atomic E-state index is -2.51. The summed E-state index contributed by atoms with van der Waals surface area (Å²) in [5.41, 5.74) is 4.67. The van der Waals surface area contributed by atoms with Gasteiger partial charge < -0.3 is 14.4 Å². The van der Waals surface area contributed by atoms with Crippen LogP contribution in [0.5, 0.6) is 0 Å². The van der Waals surface area contributed by atoms with Crippen LogP contribution in [0.4, 0.5) is 0 Å². The first-order valence-corrected chi connectivity index (χ1v) is 20.7. The van der Waals surface area contributed by atoms with Crippen LogP contribution in [-0.4, -0.2) is 18.0 Å². The van der Waals surface area contributed by atoms with Crippen LogP contribution in [0.2, 0.25) is 19.6 Å². The molecule has 3 nitrogen and oxygen atoms in total. The number of aromatic nitrogens is 2. The second-order valence-electron chi connectivity index (χ2n) is 14.1. The van der Waals surface area contributed by atoms with E-state index >= 15 is 0 Å². The maximum atomic E-state index is 8.36. The molecule has 1 radical (unpaired) electrons. The Morgan fingerprint density at radius 2 is 1.43 bits per heavy atom. The predicted octanol–water partition coefficient (Wildman–Crippen LogP) is 12.7. The molecule has 9 rings (SSSR count). The Morgan fingerprint density at radius 1 is 0.611 bits per heavy atom. The molecule has 3 heterocycles. The number of hydrogen-bond acceptors (Lipinski definition) is 3. The minimum Gasteiger partial charge on any atom is -0.501 e. The molecule has 0 saturated heterocycles. The first-order valence-electron chi connectivity index (χ1n) is 23.2. The number of furan rings is 1. The SMILES string of the molecule is [2H]C([2H])([2H])c1c[c-]c(-c2ccc(C([2H])([2H])[2H])cn2)cc1.[2H]C([2H])([2H])c1cnc(-c2[c-]ccc3c2oc2cc4c(ccc5ccccc54)cc23)cc1-c1ccc([Si](C)(C)C)cc1C([2H])([2H])[2H].[Ir]. The van der Waals surface area contributed by atoms with Crippen molar-refractivity contribution < 1.29 is 41.0 Å². The third kappa shape index (κ3) is 7.20. The van der Waals surface area contributed by atoms with Crippen molar-refractivity contribution in [3.8, 4) is 33.6 Å². The Kier molecular flexibility index (Phi) is 6.90. The van der Waals surface area contributed by atoms with E-state index in [0.29, 0.717) is 39.2 Å². The molecule has 0 fully saturated rings. The van der Waals surface area contributed by atoms with Crippen molar-refractivity contribution in [3.05, 3.63) is 162 Å². The Morgan fingerprint density at radius 3 is 2.19 bits per heavy atom. The van der Waals surface area contributed by atoms with Gasteiger partial charge in [0.05, 0.1) is 13.7 Å². The molecule has 5 heteroatoms. The summed E-state index contributed by atoms with van der Waals surface area (Å²) in [7, 11) is -1.85. The molecule has 0 amide bonds. The smallest absolute Gasteiger partial charge is 0.121 e. The first-order chi connectivity index (χ1) is 30.4. The fraction of sp³-hybridized carbons (Fsp3) is 0.143. The van der Waals surface area contributed by atoms with E-state index in [-0.39, 0.29) is 42.4 Å². The molecule has 54 heavy (non-hydrogen) atoms. The maximum absolute atomic E-state index is 8.36. The van der Waals surface area contributed by atoms with E-state index in [0.717, 1.165) is 43.1 Å². The summed E-state index contributed by atoms with van der Waals surface area (Å²) in [4.78, 5) is 8.66. The van der Waals surface area contributed by atoms with Gasteiger partial charge in [0.1, 0.15) is 5.58 Å². The summed E-state index contributed by atoms with van der Waals surface area (Å²) in [5.74, 6) is 0. The standard InChI is InChI=1S/C36H30NOSi.C13H12N.Ir/c1-22-17-26(39(3,4)5)15-16-27(22)31-19-34(37-21-23(31)2)30-12-8-11-29-33-18-25-14-13-24-9-6-7-10-28(24)32(25)20-35(33)38-36(29)30;1-10-3-6-12(7-4-10)13-8-5-11(2)9-14-13;/h6-11,13-21H,1-5H3;3-6,8-9H,1-2H3;/q2*-1;/i2*1D3,2D3;. The normalized spacial score (nSPS) is 15.7. The molecule has 0 atom stereocenters. The summed E-state index contributed by atoms with van der Waals surface area (Å²) >= 11 is 0. The number of fused-ring (bicyclic) bond motifs is 6. The quantitative estimate of drug-likeness (QED) is 0.100. The van der Waals surface area contributed by atoms with E-state index < -0.39 is 35.5 Å². The van der Waals surface area contributed by atoms with Gasteiger partial charge in [0, 0.05) is 54.3 Å². The van der Waals surface area contributed by atoms with Crippen LogP contribution in [0, 0.1) is 39.5 Å². The van der Waals surface area contributed by atoms with Crippen molar-refractivity contribution >= 4 is 56.7 Å². The fourth-order valence-corrected chi connectivity index (χ4v) is 7.79. The van der Waals surface area contributed by atoms with Crippen molar-refractivity contribution in [2.45, 2.75) is 47.0 Å². The Balaban J connectivity index is 0.000000260. The third-order valence-electron chi connectivity index (χ3n) is 9.48. The topological polar surface area (TPSA) is 38.9 Å². The summed E-state index contributed by atoms with van der Waals surface area (Å²) in [6.45, 7) is -2.84. The van der Waals surface area contributed by atoms with Crippen LogP contribution >= 0.6 is 0 Å². The van der Waals surface area contributed by atoms with Crippen LogP contribution < -0.4 is 5.19 Å². The molecule has 269 valence electrons. The number of benzene rings is 6. The van der Waals surface area contributed by atoms with E-state index in [9.17, 15) is 0 Å². The minimum absolute atomic E-state index is 0. The van der Waals surface area contributed by atoms with Crippen molar-refractivity contribution in [2.75, 3.05) is 0 Å². The van der Waals surface area contributed by atoms with Gasteiger partial charge in [0.25, 0.3) is 0 Å². The van der Waals surface area contributed by atoms with E-state index in [4.69, 9.17) is 20.9 Å². The second-order valence-corrected chi connectivity index (χ2v) is 19.2. The van der Waals surface area contributed by atoms with Crippen LogP contribution in [0.25, 0.3) is 77.1 Å². The van der Waals surface area contributed by atoms with Crippen molar-refractivity contribution in [1.82, 2.24) is 9.97 Å². The number of aryl methyl sites for hydroxylation is 4. The first kappa shape index (κ1) is 25.0. The van der Waals surface area contributed by atoms with Crippen LogP contribution in [-0.2, 0) is 20.1 Å². The average molecular weight is 907 g/mol. The van der Waals surface area contributed by atoms with Gasteiger partial charge in [-0.15, -0.1) is 53.6 Å². The fourth-order valence-electron chi connectivity index (χ4n) is 6.63. The van der Waals surface area contributed by atoms with Gasteiger partial charge in [-0.3, -0.25) is 0 Å². The summed E-state index contributed by atoms with van der Waals surface area (Å²) in [5, 5.41) is 7.30. The van der Waals surface area contributed by atoms with Gasteiger partial charge in [-0.05, 0) is 93.4 Å². The Labute approximate surface area is 349 Å². The molecule has 0 bridgehead atoms. The molecule has 0 unspecified atom stereocenters. The largest absolute Gasteiger partial charge is 0.501 e. The van der Waals surface area contributed by atoms with Gasteiger partial charge in [-0.2, -0.15) is 0 Å². The second kappa shape index (κ2) is 14.9. The molecular formula is C49H42IrN2OSi-2. The average Bonchev–Trinajstić information content (AvgIpc) is 3.61. The Bertz CT molecular complexity index is 3190. The molecule has 0 spiro atoms. The van der Waals surface area contributed by atoms with E-state index in [1.54, 1.807) is 30.3 Å². The van der Waals surface area contributed by atoms with Crippen molar-refractivity contribution in [2.24, 2.45) is 0 Å². The van der Waals surface area contributed by atoms with Gasteiger partial charge in [-0.25, -0.2) is 0 Å². The molecule has 0 saturated carbocycles. The monoisotopic (exact) mass is 907 g/mol. The van der Waals surface area contributed by atoms with Crippen LogP contribution in [0.3, 0.4) is 0 Å². The van der Waals surface area contributed by atoms with Gasteiger partial charge in [0.15, 0.2) is 0 Å². The van der Waals surface area contributed by atoms with E-state index in [2.05, 4.69) is 78.1 Å². The number of nitrogens with zero attached hydrogens (tertiary/aromatic N) is 2. The Hall–Kier alpha value is -5.19. The van der Waals surface area contributed by atoms with Gasteiger partial charge in [-0.1, -0.05) is 115 Å². The van der Waals surface area contributed by atoms with E-state index in [1.165, 1.54) is 30.6 Å². The van der Waals surface area contributed by atoms with Crippen LogP contribution in [0.15, 0.2) is 132 Å². The molecule has 0 aliphatic rings. The van der Waals surface area contributed by atoms with E-state index in [1.807, 2.05) is 30.3 Å². The molecule has 0 N–H and O–H groups in total.